The first-order valence-corrected chi connectivity index (χ1v) is 3.32. The van der Waals surface area contributed by atoms with Crippen molar-refractivity contribution < 1.29 is 9.63 Å². The normalized spacial score (nSPS) is 12.0. The number of terminal acetylenes is 1. The van der Waals surface area contributed by atoms with Crippen molar-refractivity contribution in [3.63, 3.8) is 0 Å². The lowest BCUT2D eigenvalue weighted by atomic mass is 10.3. The fourth-order valence-corrected chi connectivity index (χ4v) is 0.449. The van der Waals surface area contributed by atoms with Gasteiger partial charge in [0.25, 0.3) is 0 Å². The second-order valence-corrected chi connectivity index (χ2v) is 2.00. The van der Waals surface area contributed by atoms with Crippen LogP contribution in [0.1, 0.15) is 13.3 Å². The fourth-order valence-electron chi connectivity index (χ4n) is 0.449. The van der Waals surface area contributed by atoms with Crippen LogP contribution in [-0.2, 0) is 9.63 Å². The van der Waals surface area contributed by atoms with Gasteiger partial charge < -0.3 is 5.73 Å². The number of nitrogens with two attached hydrogens (primary N) is 1. The number of carbonyl (C=O) groups is 1. The average Bonchev–Trinajstić information content (AvgIpc) is 1.98. The quantitative estimate of drug-likeness (QED) is 0.413. The molecule has 0 aliphatic carbocycles. The first-order chi connectivity index (χ1) is 5.20. The smallest absolute Gasteiger partial charge is 0.245 e. The molecule has 0 rings (SSSR count). The predicted octanol–water partition coefficient (Wildman–Crippen LogP) is -0.595. The van der Waals surface area contributed by atoms with Crippen LogP contribution in [-0.4, -0.2) is 18.6 Å². The van der Waals surface area contributed by atoms with E-state index in [2.05, 4.69) is 16.2 Å². The van der Waals surface area contributed by atoms with Gasteiger partial charge in [0, 0.05) is 0 Å². The topological polar surface area (TPSA) is 64.3 Å². The molecule has 11 heavy (non-hydrogen) atoms. The van der Waals surface area contributed by atoms with E-state index in [-0.39, 0.29) is 12.6 Å². The molecule has 0 saturated heterocycles. The SMILES string of the molecule is C#CC(CC)NOCC(N)=O. The molecule has 0 aromatic carbocycles. The van der Waals surface area contributed by atoms with Crippen LogP contribution in [0.5, 0.6) is 0 Å². The van der Waals surface area contributed by atoms with Crippen molar-refractivity contribution >= 4 is 5.91 Å². The molecule has 3 N–H and O–H groups in total. The number of carbonyl (C=O) groups excluding carboxylic acids is 1. The predicted molar refractivity (Wildman–Crippen MR) is 41.2 cm³/mol. The maximum atomic E-state index is 10.2. The molecule has 1 amide bonds. The molecule has 62 valence electrons. The number of rotatable bonds is 5. The maximum Gasteiger partial charge on any atom is 0.245 e. The van der Waals surface area contributed by atoms with Crippen molar-refractivity contribution in [1.82, 2.24) is 5.48 Å². The Hall–Kier alpha value is -1.05. The zero-order chi connectivity index (χ0) is 8.69. The summed E-state index contributed by atoms with van der Waals surface area (Å²) in [5, 5.41) is 0. The highest BCUT2D eigenvalue weighted by molar-refractivity contribution is 5.74. The lowest BCUT2D eigenvalue weighted by Crippen LogP contribution is -2.31. The van der Waals surface area contributed by atoms with Crippen LogP contribution in [0, 0.1) is 12.3 Å². The molecule has 0 bridgehead atoms. The summed E-state index contributed by atoms with van der Waals surface area (Å²) >= 11 is 0. The van der Waals surface area contributed by atoms with E-state index >= 15 is 0 Å². The van der Waals surface area contributed by atoms with Crippen molar-refractivity contribution in [2.24, 2.45) is 5.73 Å². The minimum atomic E-state index is -0.524. The van der Waals surface area contributed by atoms with Crippen LogP contribution in [0.4, 0.5) is 0 Å². The van der Waals surface area contributed by atoms with Gasteiger partial charge in [-0.15, -0.1) is 6.42 Å². The van der Waals surface area contributed by atoms with Gasteiger partial charge in [0.05, 0.1) is 6.04 Å². The van der Waals surface area contributed by atoms with Crippen molar-refractivity contribution in [1.29, 1.82) is 0 Å². The van der Waals surface area contributed by atoms with Crippen molar-refractivity contribution in [2.45, 2.75) is 19.4 Å². The zero-order valence-corrected chi connectivity index (χ0v) is 6.46. The Kier molecular flexibility index (Phi) is 5.17. The Morgan fingerprint density at radius 2 is 2.55 bits per heavy atom. The van der Waals surface area contributed by atoms with Gasteiger partial charge >= 0.3 is 0 Å². The number of hydrogen-bond donors (Lipinski definition) is 2. The Bertz CT molecular complexity index is 162. The van der Waals surface area contributed by atoms with E-state index in [4.69, 9.17) is 12.2 Å². The first-order valence-electron chi connectivity index (χ1n) is 3.32. The molecule has 0 fully saturated rings. The third-order valence-corrected chi connectivity index (χ3v) is 1.05. The number of hydrogen-bond acceptors (Lipinski definition) is 3. The standard InChI is InChI=1S/C7H12N2O2/c1-3-6(4-2)9-11-5-7(8)10/h1,6,9H,4-5H2,2H3,(H2,8,10). The molecular formula is C7H12N2O2. The van der Waals surface area contributed by atoms with E-state index in [0.717, 1.165) is 6.42 Å². The Morgan fingerprint density at radius 1 is 1.91 bits per heavy atom. The van der Waals surface area contributed by atoms with Gasteiger partial charge in [-0.25, -0.2) is 0 Å². The Morgan fingerprint density at radius 3 is 2.91 bits per heavy atom. The summed E-state index contributed by atoms with van der Waals surface area (Å²) in [6.45, 7) is 1.75. The molecule has 0 heterocycles. The number of amides is 1. The van der Waals surface area contributed by atoms with Crippen LogP contribution >= 0.6 is 0 Å². The molecule has 0 saturated carbocycles. The van der Waals surface area contributed by atoms with Crippen molar-refractivity contribution in [3.8, 4) is 12.3 Å². The van der Waals surface area contributed by atoms with Gasteiger partial charge in [-0.2, -0.15) is 5.48 Å². The van der Waals surface area contributed by atoms with Gasteiger partial charge in [0.15, 0.2) is 0 Å². The number of nitrogens with one attached hydrogen (secondary N) is 1. The third kappa shape index (κ3) is 5.40. The summed E-state index contributed by atoms with van der Waals surface area (Å²) < 4.78 is 0. The first kappa shape index (κ1) is 9.95. The Balaban J connectivity index is 3.38. The molecule has 0 radical (unpaired) electrons. The molecule has 4 nitrogen and oxygen atoms in total. The Labute approximate surface area is 66.0 Å². The van der Waals surface area contributed by atoms with Gasteiger partial charge in [0.1, 0.15) is 6.61 Å². The molecule has 0 aliphatic rings. The van der Waals surface area contributed by atoms with Crippen LogP contribution < -0.4 is 11.2 Å². The minimum Gasteiger partial charge on any atom is -0.368 e. The highest BCUT2D eigenvalue weighted by atomic mass is 16.6. The third-order valence-electron chi connectivity index (χ3n) is 1.05. The van der Waals surface area contributed by atoms with E-state index in [1.807, 2.05) is 6.92 Å². The fraction of sp³-hybridized carbons (Fsp3) is 0.571. The summed E-state index contributed by atoms with van der Waals surface area (Å²) in [5.74, 6) is 1.91. The summed E-state index contributed by atoms with van der Waals surface area (Å²) in [7, 11) is 0. The second-order valence-electron chi connectivity index (χ2n) is 2.00. The molecular weight excluding hydrogens is 144 g/mol. The number of primary amides is 1. The highest BCUT2D eigenvalue weighted by Gasteiger charge is 2.00. The van der Waals surface area contributed by atoms with Gasteiger partial charge in [-0.05, 0) is 6.42 Å². The lowest BCUT2D eigenvalue weighted by Gasteiger charge is -2.08. The van der Waals surface area contributed by atoms with Gasteiger partial charge in [-0.1, -0.05) is 12.8 Å². The van der Waals surface area contributed by atoms with Crippen molar-refractivity contribution in [2.75, 3.05) is 6.61 Å². The van der Waals surface area contributed by atoms with E-state index in [0.29, 0.717) is 0 Å². The summed E-state index contributed by atoms with van der Waals surface area (Å²) in [5.41, 5.74) is 7.32. The molecule has 0 aliphatic heterocycles. The molecule has 1 unspecified atom stereocenters. The molecule has 0 spiro atoms. The van der Waals surface area contributed by atoms with Gasteiger partial charge in [0.2, 0.25) is 5.91 Å². The van der Waals surface area contributed by atoms with E-state index in [9.17, 15) is 4.79 Å². The molecule has 1 atom stereocenters. The summed E-state index contributed by atoms with van der Waals surface area (Å²) in [6, 6.07) is -0.158. The molecule has 4 heteroatoms. The average molecular weight is 156 g/mol. The highest BCUT2D eigenvalue weighted by Crippen LogP contribution is 1.86. The van der Waals surface area contributed by atoms with E-state index in [1.165, 1.54) is 0 Å². The van der Waals surface area contributed by atoms with Gasteiger partial charge in [-0.3, -0.25) is 9.63 Å². The zero-order valence-electron chi connectivity index (χ0n) is 6.46. The van der Waals surface area contributed by atoms with E-state index < -0.39 is 5.91 Å². The minimum absolute atomic E-state index is 0.155. The maximum absolute atomic E-state index is 10.2. The number of hydroxylamine groups is 1. The van der Waals surface area contributed by atoms with Crippen molar-refractivity contribution in [3.05, 3.63) is 0 Å². The second kappa shape index (κ2) is 5.71. The van der Waals surface area contributed by atoms with E-state index in [1.54, 1.807) is 0 Å². The van der Waals surface area contributed by atoms with Crippen LogP contribution in [0.2, 0.25) is 0 Å². The molecule has 0 aromatic rings. The largest absolute Gasteiger partial charge is 0.368 e. The van der Waals surface area contributed by atoms with Crippen LogP contribution in [0.25, 0.3) is 0 Å². The summed E-state index contributed by atoms with van der Waals surface area (Å²) in [4.78, 5) is 14.8. The monoisotopic (exact) mass is 156 g/mol. The molecule has 0 aromatic heterocycles. The van der Waals surface area contributed by atoms with Crippen LogP contribution in [0.15, 0.2) is 0 Å². The summed E-state index contributed by atoms with van der Waals surface area (Å²) in [6.07, 6.45) is 5.84. The van der Waals surface area contributed by atoms with Crippen LogP contribution in [0.3, 0.4) is 0 Å². The lowest BCUT2D eigenvalue weighted by molar-refractivity contribution is -0.125.